The summed E-state index contributed by atoms with van der Waals surface area (Å²) in [5.74, 6) is 0. The maximum Gasteiger partial charge on any atom is 0.252 e. The highest BCUT2D eigenvalue weighted by Gasteiger charge is 2.26. The molecule has 164 valence electrons. The Balaban J connectivity index is 1.78. The summed E-state index contributed by atoms with van der Waals surface area (Å²) in [6.45, 7) is 5.96. The standard InChI is InChI=1S/C25H25N3O3S/c1-17-6-8-23(9-7-17)32(30,31)28(15-20-5-4-10-26-14-20)16-22-13-21-11-18(2)19(3)12-24(21)27-25(22)29/h4-14H,15-16H2,1-3H3,(H,27,29). The van der Waals surface area contributed by atoms with Gasteiger partial charge in [0.1, 0.15) is 0 Å². The number of aromatic amines is 1. The van der Waals surface area contributed by atoms with Gasteiger partial charge in [-0.15, -0.1) is 0 Å². The molecule has 4 aromatic rings. The molecule has 0 spiro atoms. The predicted molar refractivity (Wildman–Crippen MR) is 126 cm³/mol. The van der Waals surface area contributed by atoms with Gasteiger partial charge in [-0.05, 0) is 79.2 Å². The summed E-state index contributed by atoms with van der Waals surface area (Å²) in [6, 6.07) is 16.0. The molecule has 6 nitrogen and oxygen atoms in total. The normalized spacial score (nSPS) is 11.9. The molecule has 0 fully saturated rings. The molecule has 7 heteroatoms. The molecule has 0 saturated carbocycles. The first-order valence-electron chi connectivity index (χ1n) is 10.3. The van der Waals surface area contributed by atoms with Gasteiger partial charge in [-0.1, -0.05) is 23.8 Å². The highest BCUT2D eigenvalue weighted by Crippen LogP contribution is 2.23. The van der Waals surface area contributed by atoms with E-state index in [-0.39, 0.29) is 23.5 Å². The Morgan fingerprint density at radius 3 is 2.34 bits per heavy atom. The summed E-state index contributed by atoms with van der Waals surface area (Å²) in [6.07, 6.45) is 3.27. The third-order valence-electron chi connectivity index (χ3n) is 5.62. The summed E-state index contributed by atoms with van der Waals surface area (Å²) < 4.78 is 28.4. The molecule has 0 aliphatic carbocycles. The van der Waals surface area contributed by atoms with Crippen LogP contribution in [0.5, 0.6) is 0 Å². The smallest absolute Gasteiger partial charge is 0.252 e. The fourth-order valence-electron chi connectivity index (χ4n) is 3.61. The van der Waals surface area contributed by atoms with Crippen LogP contribution in [-0.4, -0.2) is 22.7 Å². The van der Waals surface area contributed by atoms with E-state index in [1.54, 1.807) is 48.8 Å². The molecule has 4 rings (SSSR count). The van der Waals surface area contributed by atoms with Gasteiger partial charge in [0, 0.05) is 36.6 Å². The highest BCUT2D eigenvalue weighted by atomic mass is 32.2. The molecule has 0 unspecified atom stereocenters. The average Bonchev–Trinajstić information content (AvgIpc) is 2.76. The molecule has 0 amide bonds. The zero-order valence-electron chi connectivity index (χ0n) is 18.3. The molecule has 1 N–H and O–H groups in total. The van der Waals surface area contributed by atoms with Gasteiger partial charge in [-0.3, -0.25) is 9.78 Å². The number of pyridine rings is 2. The Labute approximate surface area is 187 Å². The average molecular weight is 448 g/mol. The number of hydrogen-bond donors (Lipinski definition) is 1. The summed E-state index contributed by atoms with van der Waals surface area (Å²) in [5.41, 5.74) is 4.74. The molecule has 2 aromatic carbocycles. The largest absolute Gasteiger partial charge is 0.322 e. The number of aryl methyl sites for hydroxylation is 3. The van der Waals surface area contributed by atoms with E-state index in [0.29, 0.717) is 5.56 Å². The van der Waals surface area contributed by atoms with Gasteiger partial charge in [0.2, 0.25) is 10.0 Å². The minimum Gasteiger partial charge on any atom is -0.322 e. The van der Waals surface area contributed by atoms with Gasteiger partial charge in [-0.25, -0.2) is 8.42 Å². The summed E-state index contributed by atoms with van der Waals surface area (Å²) in [4.78, 5) is 20.0. The van der Waals surface area contributed by atoms with E-state index in [9.17, 15) is 13.2 Å². The predicted octanol–water partition coefficient (Wildman–Crippen LogP) is 4.24. The van der Waals surface area contributed by atoms with Crippen LogP contribution >= 0.6 is 0 Å². The van der Waals surface area contributed by atoms with Gasteiger partial charge in [0.15, 0.2) is 0 Å². The quantitative estimate of drug-likeness (QED) is 0.479. The lowest BCUT2D eigenvalue weighted by atomic mass is 10.0. The molecule has 0 atom stereocenters. The Morgan fingerprint density at radius 1 is 0.938 bits per heavy atom. The van der Waals surface area contributed by atoms with Crippen LogP contribution < -0.4 is 5.56 Å². The molecule has 0 aliphatic heterocycles. The van der Waals surface area contributed by atoms with Crippen molar-refractivity contribution in [2.45, 2.75) is 38.8 Å². The lowest BCUT2D eigenvalue weighted by Crippen LogP contribution is -2.32. The number of benzene rings is 2. The van der Waals surface area contributed by atoms with E-state index in [4.69, 9.17) is 0 Å². The van der Waals surface area contributed by atoms with Crippen molar-refractivity contribution in [1.29, 1.82) is 0 Å². The van der Waals surface area contributed by atoms with Crippen LogP contribution in [0.25, 0.3) is 10.9 Å². The first kappa shape index (κ1) is 21.9. The van der Waals surface area contributed by atoms with Crippen molar-refractivity contribution in [1.82, 2.24) is 14.3 Å². The zero-order valence-corrected chi connectivity index (χ0v) is 19.1. The van der Waals surface area contributed by atoms with Gasteiger partial charge < -0.3 is 4.98 Å². The molecule has 2 heterocycles. The molecular weight excluding hydrogens is 422 g/mol. The van der Waals surface area contributed by atoms with Crippen LogP contribution in [0.15, 0.2) is 76.7 Å². The highest BCUT2D eigenvalue weighted by molar-refractivity contribution is 7.89. The van der Waals surface area contributed by atoms with Crippen molar-refractivity contribution in [3.63, 3.8) is 0 Å². The number of aromatic nitrogens is 2. The molecule has 32 heavy (non-hydrogen) atoms. The van der Waals surface area contributed by atoms with E-state index >= 15 is 0 Å². The van der Waals surface area contributed by atoms with Crippen LogP contribution in [0.3, 0.4) is 0 Å². The van der Waals surface area contributed by atoms with Gasteiger partial charge >= 0.3 is 0 Å². The van der Waals surface area contributed by atoms with Crippen molar-refractivity contribution < 1.29 is 8.42 Å². The number of fused-ring (bicyclic) bond motifs is 1. The summed E-state index contributed by atoms with van der Waals surface area (Å²) in [7, 11) is -3.85. The van der Waals surface area contributed by atoms with E-state index < -0.39 is 10.0 Å². The lowest BCUT2D eigenvalue weighted by Gasteiger charge is -2.22. The zero-order chi connectivity index (χ0) is 22.9. The van der Waals surface area contributed by atoms with E-state index in [1.807, 2.05) is 39.0 Å². The Hall–Kier alpha value is -3.29. The van der Waals surface area contributed by atoms with Gasteiger partial charge in [-0.2, -0.15) is 4.31 Å². The molecule has 0 saturated heterocycles. The van der Waals surface area contributed by atoms with Crippen molar-refractivity contribution >= 4 is 20.9 Å². The third kappa shape index (κ3) is 4.49. The molecule has 0 bridgehead atoms. The molecule has 2 aromatic heterocycles. The first-order chi connectivity index (χ1) is 15.2. The van der Waals surface area contributed by atoms with Crippen LogP contribution in [-0.2, 0) is 23.1 Å². The Morgan fingerprint density at radius 2 is 1.66 bits per heavy atom. The number of hydrogen-bond acceptors (Lipinski definition) is 4. The van der Waals surface area contributed by atoms with Crippen LogP contribution in [0.1, 0.15) is 27.8 Å². The number of nitrogens with one attached hydrogen (secondary N) is 1. The lowest BCUT2D eigenvalue weighted by molar-refractivity contribution is 0.399. The minimum absolute atomic E-state index is 0.0523. The van der Waals surface area contributed by atoms with Gasteiger partial charge in [0.25, 0.3) is 5.56 Å². The van der Waals surface area contributed by atoms with Crippen LogP contribution in [0.4, 0.5) is 0 Å². The number of H-pyrrole nitrogens is 1. The number of sulfonamides is 1. The Kier molecular flexibility index (Phi) is 5.95. The van der Waals surface area contributed by atoms with Crippen molar-refractivity contribution in [3.05, 3.63) is 105 Å². The number of rotatable bonds is 6. The summed E-state index contributed by atoms with van der Waals surface area (Å²) >= 11 is 0. The second kappa shape index (κ2) is 8.68. The van der Waals surface area contributed by atoms with E-state index in [1.165, 1.54) is 4.31 Å². The van der Waals surface area contributed by atoms with Gasteiger partial charge in [0.05, 0.1) is 4.90 Å². The molecule has 0 radical (unpaired) electrons. The van der Waals surface area contributed by atoms with Crippen molar-refractivity contribution in [3.8, 4) is 0 Å². The molecule has 0 aliphatic rings. The fourth-order valence-corrected chi connectivity index (χ4v) is 5.02. The van der Waals surface area contributed by atoms with E-state index in [2.05, 4.69) is 9.97 Å². The maximum absolute atomic E-state index is 13.5. The maximum atomic E-state index is 13.5. The SMILES string of the molecule is Cc1ccc(S(=O)(=O)N(Cc2cccnc2)Cc2cc3cc(C)c(C)cc3[nH]c2=O)cc1. The summed E-state index contributed by atoms with van der Waals surface area (Å²) in [5, 5.41) is 0.872. The van der Waals surface area contributed by atoms with Crippen LogP contribution in [0.2, 0.25) is 0 Å². The molecular formula is C25H25N3O3S. The second-order valence-electron chi connectivity index (χ2n) is 8.09. The second-order valence-corrected chi connectivity index (χ2v) is 10.0. The Bertz CT molecular complexity index is 1430. The monoisotopic (exact) mass is 447 g/mol. The number of nitrogens with zero attached hydrogens (tertiary/aromatic N) is 2. The first-order valence-corrected chi connectivity index (χ1v) is 11.8. The van der Waals surface area contributed by atoms with Crippen LogP contribution in [0, 0.1) is 20.8 Å². The topological polar surface area (TPSA) is 83.1 Å². The minimum atomic E-state index is -3.85. The van der Waals surface area contributed by atoms with Crippen molar-refractivity contribution in [2.75, 3.05) is 0 Å². The fraction of sp³-hybridized carbons (Fsp3) is 0.200. The van der Waals surface area contributed by atoms with E-state index in [0.717, 1.165) is 33.2 Å². The van der Waals surface area contributed by atoms with Crippen molar-refractivity contribution in [2.24, 2.45) is 0 Å². The third-order valence-corrected chi connectivity index (χ3v) is 7.43.